The molecule has 9 heteroatoms. The van der Waals surface area contributed by atoms with Crippen molar-refractivity contribution in [1.82, 2.24) is 10.6 Å². The number of anilines is 1. The normalized spacial score (nSPS) is 13.9. The van der Waals surface area contributed by atoms with E-state index in [-0.39, 0.29) is 42.6 Å². The molecule has 0 fully saturated rings. The van der Waals surface area contributed by atoms with E-state index in [9.17, 15) is 4.79 Å². The zero-order valence-electron chi connectivity index (χ0n) is 18.7. The average Bonchev–Trinajstić information content (AvgIpc) is 2.79. The summed E-state index contributed by atoms with van der Waals surface area (Å²) in [6.07, 6.45) is 0.713. The lowest BCUT2D eigenvalue weighted by Gasteiger charge is -2.29. The van der Waals surface area contributed by atoms with Crippen LogP contribution in [0.25, 0.3) is 0 Å². The monoisotopic (exact) mass is 554 g/mol. The van der Waals surface area contributed by atoms with E-state index in [0.29, 0.717) is 25.6 Å². The Bertz CT molecular complexity index is 909. The minimum absolute atomic E-state index is 0. The molecule has 0 radical (unpaired) electrons. The van der Waals surface area contributed by atoms with Crippen molar-refractivity contribution in [2.45, 2.75) is 19.4 Å². The largest absolute Gasteiger partial charge is 0.497 e. The molecule has 32 heavy (non-hydrogen) atoms. The maximum Gasteiger partial charge on any atom is 0.265 e. The Hall–Kier alpha value is -2.69. The fraction of sp³-hybridized carbons (Fsp3) is 0.391. The Morgan fingerprint density at radius 1 is 1.19 bits per heavy atom. The number of nitrogens with one attached hydrogen (secondary N) is 2. The third-order valence-corrected chi connectivity index (χ3v) is 4.82. The fourth-order valence-electron chi connectivity index (χ4n) is 3.25. The van der Waals surface area contributed by atoms with Crippen LogP contribution in [-0.4, -0.2) is 58.4 Å². The lowest BCUT2D eigenvalue weighted by Crippen LogP contribution is -2.43. The van der Waals surface area contributed by atoms with Crippen LogP contribution in [0.15, 0.2) is 53.5 Å². The third kappa shape index (κ3) is 7.18. The van der Waals surface area contributed by atoms with Gasteiger partial charge in [-0.05, 0) is 37.6 Å². The molecule has 3 rings (SSSR count). The molecule has 1 unspecified atom stereocenters. The number of amides is 1. The first-order valence-corrected chi connectivity index (χ1v) is 10.4. The van der Waals surface area contributed by atoms with Crippen molar-refractivity contribution < 1.29 is 19.0 Å². The molecule has 0 spiro atoms. The van der Waals surface area contributed by atoms with Crippen LogP contribution >= 0.6 is 24.0 Å². The van der Waals surface area contributed by atoms with E-state index >= 15 is 0 Å². The van der Waals surface area contributed by atoms with Gasteiger partial charge in [-0.25, -0.2) is 0 Å². The Morgan fingerprint density at radius 2 is 1.97 bits per heavy atom. The van der Waals surface area contributed by atoms with Crippen LogP contribution in [0.3, 0.4) is 0 Å². The molecule has 2 aromatic rings. The molecular formula is C23H31IN4O4. The van der Waals surface area contributed by atoms with Crippen molar-refractivity contribution >= 4 is 41.5 Å². The van der Waals surface area contributed by atoms with Crippen molar-refractivity contribution in [2.75, 3.05) is 45.3 Å². The second-order valence-corrected chi connectivity index (χ2v) is 7.14. The lowest BCUT2D eigenvalue weighted by atomic mass is 10.2. The number of carbonyl (C=O) groups excluding carboxylic acids is 1. The van der Waals surface area contributed by atoms with E-state index in [0.717, 1.165) is 29.4 Å². The van der Waals surface area contributed by atoms with E-state index < -0.39 is 0 Å². The number of hydrogen-bond donors (Lipinski definition) is 2. The first-order chi connectivity index (χ1) is 15.1. The molecule has 0 aliphatic carbocycles. The van der Waals surface area contributed by atoms with Gasteiger partial charge < -0.3 is 29.7 Å². The van der Waals surface area contributed by atoms with Crippen LogP contribution < -0.4 is 29.7 Å². The molecule has 1 aliphatic rings. The summed E-state index contributed by atoms with van der Waals surface area (Å²) >= 11 is 0. The molecule has 1 atom stereocenters. The molecule has 0 aromatic heterocycles. The van der Waals surface area contributed by atoms with Gasteiger partial charge in [-0.3, -0.25) is 9.79 Å². The SMILES string of the molecule is CN=C(NCCCN1C(=O)COc2ccccc21)NCC(C)Oc1cccc(OC)c1.I. The van der Waals surface area contributed by atoms with Gasteiger partial charge in [-0.2, -0.15) is 0 Å². The number of guanidine groups is 1. The summed E-state index contributed by atoms with van der Waals surface area (Å²) in [5.41, 5.74) is 0.824. The summed E-state index contributed by atoms with van der Waals surface area (Å²) in [7, 11) is 3.36. The number of fused-ring (bicyclic) bond motifs is 1. The Kier molecular flexibility index (Phi) is 10.4. The average molecular weight is 554 g/mol. The number of rotatable bonds is 9. The van der Waals surface area contributed by atoms with Gasteiger partial charge >= 0.3 is 0 Å². The van der Waals surface area contributed by atoms with Crippen LogP contribution in [-0.2, 0) is 4.79 Å². The smallest absolute Gasteiger partial charge is 0.265 e. The number of para-hydroxylation sites is 2. The number of ether oxygens (including phenoxy) is 3. The summed E-state index contributed by atoms with van der Waals surface area (Å²) in [6, 6.07) is 15.1. The predicted molar refractivity (Wildman–Crippen MR) is 137 cm³/mol. The maximum absolute atomic E-state index is 12.2. The Labute approximate surface area is 206 Å². The van der Waals surface area contributed by atoms with E-state index in [1.807, 2.05) is 55.5 Å². The van der Waals surface area contributed by atoms with Crippen LogP contribution in [0.1, 0.15) is 13.3 Å². The van der Waals surface area contributed by atoms with Gasteiger partial charge in [0.05, 0.1) is 19.3 Å². The van der Waals surface area contributed by atoms with Crippen molar-refractivity contribution in [3.8, 4) is 17.2 Å². The van der Waals surface area contributed by atoms with Crippen molar-refractivity contribution in [1.29, 1.82) is 0 Å². The number of hydrogen-bond acceptors (Lipinski definition) is 5. The highest BCUT2D eigenvalue weighted by molar-refractivity contribution is 14.0. The number of nitrogens with zero attached hydrogens (tertiary/aromatic N) is 2. The second-order valence-electron chi connectivity index (χ2n) is 7.14. The lowest BCUT2D eigenvalue weighted by molar-refractivity contribution is -0.121. The number of carbonyl (C=O) groups is 1. The molecule has 0 saturated heterocycles. The van der Waals surface area contributed by atoms with Crippen molar-refractivity contribution in [3.63, 3.8) is 0 Å². The Morgan fingerprint density at radius 3 is 2.75 bits per heavy atom. The number of methoxy groups -OCH3 is 1. The highest BCUT2D eigenvalue weighted by Gasteiger charge is 2.24. The van der Waals surface area contributed by atoms with Crippen LogP contribution in [0.2, 0.25) is 0 Å². The summed E-state index contributed by atoms with van der Waals surface area (Å²) in [5, 5.41) is 6.54. The molecule has 8 nitrogen and oxygen atoms in total. The highest BCUT2D eigenvalue weighted by atomic mass is 127. The van der Waals surface area contributed by atoms with Gasteiger partial charge in [0, 0.05) is 26.2 Å². The predicted octanol–water partition coefficient (Wildman–Crippen LogP) is 3.06. The molecule has 2 aromatic carbocycles. The van der Waals surface area contributed by atoms with Crippen LogP contribution in [0.4, 0.5) is 5.69 Å². The summed E-state index contributed by atoms with van der Waals surface area (Å²) in [4.78, 5) is 18.3. The number of aliphatic imine (C=N–C) groups is 1. The molecular weight excluding hydrogens is 523 g/mol. The van der Waals surface area contributed by atoms with E-state index in [1.54, 1.807) is 19.1 Å². The van der Waals surface area contributed by atoms with Crippen molar-refractivity contribution in [3.05, 3.63) is 48.5 Å². The Balaban J connectivity index is 0.00000363. The zero-order chi connectivity index (χ0) is 22.1. The summed E-state index contributed by atoms with van der Waals surface area (Å²) < 4.78 is 16.6. The van der Waals surface area contributed by atoms with Gasteiger partial charge in [0.25, 0.3) is 5.91 Å². The quantitative estimate of drug-likeness (QED) is 0.215. The number of halogens is 1. The molecule has 2 N–H and O–H groups in total. The minimum Gasteiger partial charge on any atom is -0.497 e. The molecule has 0 bridgehead atoms. The van der Waals surface area contributed by atoms with E-state index in [4.69, 9.17) is 14.2 Å². The fourth-order valence-corrected chi connectivity index (χ4v) is 3.25. The van der Waals surface area contributed by atoms with Gasteiger partial charge in [-0.15, -0.1) is 24.0 Å². The van der Waals surface area contributed by atoms with Gasteiger partial charge in [-0.1, -0.05) is 18.2 Å². The minimum atomic E-state index is -0.0619. The molecule has 1 heterocycles. The number of benzene rings is 2. The second kappa shape index (κ2) is 13.0. The van der Waals surface area contributed by atoms with Crippen LogP contribution in [0.5, 0.6) is 17.2 Å². The topological polar surface area (TPSA) is 84.4 Å². The molecule has 1 amide bonds. The standard InChI is InChI=1S/C23H30N4O4.HI/c1-17(31-19-9-6-8-18(14-19)29-3)15-26-23(24-2)25-12-7-13-27-20-10-4-5-11-21(20)30-16-22(27)28;/h4-6,8-11,14,17H,7,12-13,15-16H2,1-3H3,(H2,24,25,26);1H. The van der Waals surface area contributed by atoms with Crippen LogP contribution in [0, 0.1) is 0 Å². The summed E-state index contributed by atoms with van der Waals surface area (Å²) in [5.74, 6) is 2.93. The summed E-state index contributed by atoms with van der Waals surface area (Å²) in [6.45, 7) is 3.95. The van der Waals surface area contributed by atoms with Gasteiger partial charge in [0.1, 0.15) is 23.4 Å². The zero-order valence-corrected chi connectivity index (χ0v) is 21.0. The van der Waals surface area contributed by atoms with Gasteiger partial charge in [0.2, 0.25) is 0 Å². The van der Waals surface area contributed by atoms with Crippen molar-refractivity contribution in [2.24, 2.45) is 4.99 Å². The molecule has 174 valence electrons. The molecule has 1 aliphatic heterocycles. The maximum atomic E-state index is 12.2. The van der Waals surface area contributed by atoms with Gasteiger partial charge in [0.15, 0.2) is 12.6 Å². The first-order valence-electron chi connectivity index (χ1n) is 10.4. The highest BCUT2D eigenvalue weighted by Crippen LogP contribution is 2.31. The van der Waals surface area contributed by atoms with E-state index in [2.05, 4.69) is 15.6 Å². The van der Waals surface area contributed by atoms with E-state index in [1.165, 1.54) is 0 Å². The molecule has 0 saturated carbocycles. The first kappa shape index (κ1) is 25.6. The third-order valence-electron chi connectivity index (χ3n) is 4.82.